The number of ether oxygens (including phenoxy) is 3. The second-order valence-electron chi connectivity index (χ2n) is 17.7. The first-order valence-electron chi connectivity index (χ1n) is 22.4. The van der Waals surface area contributed by atoms with E-state index in [9.17, 15) is 38.4 Å². The first-order chi connectivity index (χ1) is 30.8. The van der Waals surface area contributed by atoms with Crippen LogP contribution in [-0.4, -0.2) is 133 Å². The van der Waals surface area contributed by atoms with Crippen molar-refractivity contribution >= 4 is 52.9 Å². The number of rotatable bonds is 22. The molecule has 0 saturated carbocycles. The summed E-state index contributed by atoms with van der Waals surface area (Å²) >= 11 is 0. The first-order valence-corrected chi connectivity index (χ1v) is 22.4. The number of methoxy groups -OCH3 is 2. The molecule has 8 atom stereocenters. The predicted molar refractivity (Wildman–Crippen MR) is 243 cm³/mol. The highest BCUT2D eigenvalue weighted by atomic mass is 16.5. The summed E-state index contributed by atoms with van der Waals surface area (Å²) in [5, 5.41) is 2.94. The Bertz CT molecular complexity index is 2040. The minimum absolute atomic E-state index is 0.0525. The lowest BCUT2D eigenvalue weighted by atomic mass is 9.89. The van der Waals surface area contributed by atoms with Gasteiger partial charge in [-0.2, -0.15) is 0 Å². The Hall–Kier alpha value is -5.74. The molecule has 65 heavy (non-hydrogen) atoms. The molecule has 0 aromatic heterocycles. The van der Waals surface area contributed by atoms with Gasteiger partial charge in [-0.05, 0) is 60.4 Å². The van der Waals surface area contributed by atoms with Crippen molar-refractivity contribution in [3.8, 4) is 0 Å². The molecule has 0 radical (unpaired) electrons. The Morgan fingerprint density at radius 2 is 1.43 bits per heavy atom. The number of ketones is 1. The minimum Gasteiger partial charge on any atom is -0.455 e. The number of Topliss-reactive ketones (excluding diaryl/α,β-unsaturated/α-hetero) is 1. The molecule has 16 heteroatoms. The number of esters is 1. The quantitative estimate of drug-likeness (QED) is 0.0990. The van der Waals surface area contributed by atoms with Crippen LogP contribution in [0.2, 0.25) is 0 Å². The molecule has 16 nitrogen and oxygen atoms in total. The molecule has 0 bridgehead atoms. The van der Waals surface area contributed by atoms with E-state index in [1.54, 1.807) is 49.8 Å². The van der Waals surface area contributed by atoms with Gasteiger partial charge < -0.3 is 34.2 Å². The molecule has 1 fully saturated rings. The van der Waals surface area contributed by atoms with Crippen LogP contribution in [0, 0.1) is 23.7 Å². The van der Waals surface area contributed by atoms with Gasteiger partial charge in [0.1, 0.15) is 18.7 Å². The topological polar surface area (TPSA) is 189 Å². The van der Waals surface area contributed by atoms with Gasteiger partial charge in [0.25, 0.3) is 17.7 Å². The Labute approximate surface area is 383 Å². The molecule has 1 N–H and O–H groups in total. The molecule has 0 spiro atoms. The van der Waals surface area contributed by atoms with Crippen LogP contribution in [0.4, 0.5) is 5.69 Å². The lowest BCUT2D eigenvalue weighted by molar-refractivity contribution is -0.159. The number of likely N-dealkylation sites (N-methyl/N-ethyl adjacent to an activating group) is 2. The summed E-state index contributed by atoms with van der Waals surface area (Å²) in [6.07, 6.45) is 2.53. The highest BCUT2D eigenvalue weighted by Crippen LogP contribution is 2.30. The third-order valence-electron chi connectivity index (χ3n) is 12.7. The number of anilines is 1. The maximum absolute atomic E-state index is 14.6. The van der Waals surface area contributed by atoms with Gasteiger partial charge in [-0.1, -0.05) is 85.2 Å². The van der Waals surface area contributed by atoms with E-state index < -0.39 is 83.6 Å². The highest BCUT2D eigenvalue weighted by molar-refractivity contribution is 6.34. The Balaban J connectivity index is 1.47. The van der Waals surface area contributed by atoms with Crippen LogP contribution < -0.4 is 10.2 Å². The molecule has 6 amide bonds. The fourth-order valence-electron chi connectivity index (χ4n) is 8.92. The number of amides is 6. The molecule has 2 aromatic rings. The maximum atomic E-state index is 14.6. The van der Waals surface area contributed by atoms with E-state index in [0.717, 1.165) is 10.5 Å². The molecule has 1 saturated heterocycles. The van der Waals surface area contributed by atoms with E-state index in [0.29, 0.717) is 31.5 Å². The average Bonchev–Trinajstić information content (AvgIpc) is 3.91. The van der Waals surface area contributed by atoms with Crippen LogP contribution in [0.3, 0.4) is 0 Å². The zero-order valence-corrected chi connectivity index (χ0v) is 39.6. The van der Waals surface area contributed by atoms with Crippen LogP contribution in [0.5, 0.6) is 0 Å². The molecule has 2 aliphatic heterocycles. The molecule has 1 unspecified atom stereocenters. The number of imide groups is 1. The van der Waals surface area contributed by atoms with E-state index in [1.807, 2.05) is 45.9 Å². The Kier molecular flexibility index (Phi) is 18.7. The fraction of sp³-hybridized carbons (Fsp3) is 0.551. The van der Waals surface area contributed by atoms with Gasteiger partial charge in [0.2, 0.25) is 23.5 Å². The first kappa shape index (κ1) is 51.9. The summed E-state index contributed by atoms with van der Waals surface area (Å²) in [5.74, 6) is -6.16. The summed E-state index contributed by atoms with van der Waals surface area (Å²) in [4.78, 5) is 113. The van der Waals surface area contributed by atoms with Gasteiger partial charge >= 0.3 is 5.97 Å². The number of nitrogens with zero attached hydrogens (tertiary/aromatic N) is 4. The minimum atomic E-state index is -1.01. The maximum Gasteiger partial charge on any atom is 0.375 e. The zero-order chi connectivity index (χ0) is 48.3. The number of hydrogen-bond acceptors (Lipinski definition) is 11. The molecule has 2 aromatic carbocycles. The largest absolute Gasteiger partial charge is 0.455 e. The number of likely N-dealkylation sites (tertiary alicyclic amines) is 1. The van der Waals surface area contributed by atoms with Crippen LogP contribution in [0.25, 0.3) is 0 Å². The smallest absolute Gasteiger partial charge is 0.375 e. The number of benzene rings is 2. The predicted octanol–water partition coefficient (Wildman–Crippen LogP) is 4.59. The van der Waals surface area contributed by atoms with Crippen LogP contribution in [0.15, 0.2) is 66.7 Å². The number of carbonyl (C=O) groups is 8. The summed E-state index contributed by atoms with van der Waals surface area (Å²) < 4.78 is 17.1. The normalized spacial score (nSPS) is 18.2. The molecule has 2 aliphatic rings. The van der Waals surface area contributed by atoms with Crippen LogP contribution >= 0.6 is 0 Å². The molecular weight excluding hydrogens is 835 g/mol. The number of carbonyl (C=O) groups excluding carboxylic acids is 8. The van der Waals surface area contributed by atoms with Crippen molar-refractivity contribution in [2.24, 2.45) is 23.7 Å². The molecular formula is C49H67N5O11. The molecule has 4 rings (SSSR count). The zero-order valence-electron chi connectivity index (χ0n) is 39.6. The lowest BCUT2D eigenvalue weighted by Crippen LogP contribution is -2.60. The summed E-state index contributed by atoms with van der Waals surface area (Å²) in [5.41, 5.74) is 1.28. The van der Waals surface area contributed by atoms with E-state index >= 15 is 0 Å². The van der Waals surface area contributed by atoms with Crippen LogP contribution in [-0.2, 0) is 54.4 Å². The van der Waals surface area contributed by atoms with Crippen molar-refractivity contribution in [1.29, 1.82) is 0 Å². The SMILES string of the molecule is CC[C@H](C)C([C@@H](CC(=O)N1CCC[C@H]1[C@H](OC)[C@@H](C)C(=O)C(=O)OCc1ccccc1)OC)N(C)C(=O)[C@@H](NC(=O)[C@H](C(C)C)N(C)C(=O)c1ccc(N2C(=O)C=CC2=O)cc1)C(C)C. The van der Waals surface area contributed by atoms with Crippen molar-refractivity contribution in [1.82, 2.24) is 20.0 Å². The lowest BCUT2D eigenvalue weighted by Gasteiger charge is -2.41. The molecule has 2 heterocycles. The average molecular weight is 902 g/mol. The van der Waals surface area contributed by atoms with Crippen molar-refractivity contribution in [3.63, 3.8) is 0 Å². The van der Waals surface area contributed by atoms with E-state index in [4.69, 9.17) is 14.2 Å². The third kappa shape index (κ3) is 12.3. The highest BCUT2D eigenvalue weighted by Gasteiger charge is 2.44. The number of nitrogens with one attached hydrogen (secondary N) is 1. The van der Waals surface area contributed by atoms with Gasteiger partial charge in [-0.15, -0.1) is 0 Å². The standard InChI is InChI=1S/C49H67N5O11/c1-12-31(6)43(37(63-10)27-40(57)53-26-16-19-36(53)45(64-11)32(7)44(58)49(62)65-28-33-17-14-13-15-18-33)52(9)48(61)41(29(2)3)50-46(59)42(30(4)5)51(8)47(60)34-20-22-35(23-21-34)54-38(55)24-25-39(54)56/h13-15,17-18,20-25,29-32,36-37,41-43,45H,12,16,19,26-28H2,1-11H3,(H,50,59)/t31-,32-,36-,37+,41-,42-,43?,45+/m0/s1. The second kappa shape index (κ2) is 23.4. The number of hydrogen-bond donors (Lipinski definition) is 1. The third-order valence-corrected chi connectivity index (χ3v) is 12.7. The molecule has 354 valence electrons. The van der Waals surface area contributed by atoms with Crippen molar-refractivity contribution < 1.29 is 52.6 Å². The Morgan fingerprint density at radius 3 is 1.97 bits per heavy atom. The van der Waals surface area contributed by atoms with Crippen molar-refractivity contribution in [3.05, 3.63) is 77.9 Å². The van der Waals surface area contributed by atoms with Gasteiger partial charge in [0.05, 0.1) is 42.3 Å². The van der Waals surface area contributed by atoms with Gasteiger partial charge in [0.15, 0.2) is 0 Å². The Morgan fingerprint density at radius 1 is 0.815 bits per heavy atom. The fourth-order valence-corrected chi connectivity index (χ4v) is 8.92. The van der Waals surface area contributed by atoms with Gasteiger partial charge in [0, 0.05) is 52.6 Å². The van der Waals surface area contributed by atoms with E-state index in [-0.39, 0.29) is 42.3 Å². The second-order valence-corrected chi connectivity index (χ2v) is 17.7. The summed E-state index contributed by atoms with van der Waals surface area (Å²) in [7, 11) is 6.09. The summed E-state index contributed by atoms with van der Waals surface area (Å²) in [6, 6.07) is 11.9. The van der Waals surface area contributed by atoms with Gasteiger partial charge in [-0.25, -0.2) is 9.69 Å². The van der Waals surface area contributed by atoms with Gasteiger partial charge in [-0.3, -0.25) is 33.6 Å². The van der Waals surface area contributed by atoms with E-state index in [1.165, 1.54) is 62.6 Å². The van der Waals surface area contributed by atoms with Crippen molar-refractivity contribution in [2.45, 2.75) is 117 Å². The van der Waals surface area contributed by atoms with E-state index in [2.05, 4.69) is 5.32 Å². The van der Waals surface area contributed by atoms with Crippen LogP contribution in [0.1, 0.15) is 90.1 Å². The monoisotopic (exact) mass is 901 g/mol. The van der Waals surface area contributed by atoms with Crippen molar-refractivity contribution in [2.75, 3.05) is 39.8 Å². The summed E-state index contributed by atoms with van der Waals surface area (Å²) in [6.45, 7) is 13.1. The molecule has 0 aliphatic carbocycles.